The van der Waals surface area contributed by atoms with Gasteiger partial charge >= 0.3 is 0 Å². The van der Waals surface area contributed by atoms with E-state index in [2.05, 4.69) is 20.9 Å². The molecule has 0 fully saturated rings. The second-order valence-electron chi connectivity index (χ2n) is 1.93. The molecule has 0 saturated heterocycles. The summed E-state index contributed by atoms with van der Waals surface area (Å²) in [6.07, 6.45) is -1.81. The fourth-order valence-electron chi connectivity index (χ4n) is 0.645. The number of rotatable bonds is 1. The van der Waals surface area contributed by atoms with Crippen molar-refractivity contribution in [3.63, 3.8) is 0 Å². The van der Waals surface area contributed by atoms with E-state index in [-0.39, 0.29) is 8.17 Å². The van der Waals surface area contributed by atoms with Crippen LogP contribution in [0.3, 0.4) is 0 Å². The van der Waals surface area contributed by atoms with Crippen molar-refractivity contribution in [1.29, 1.82) is 0 Å². The second-order valence-corrected chi connectivity index (χ2v) is 3.74. The van der Waals surface area contributed by atoms with Crippen molar-refractivity contribution in [3.05, 3.63) is 25.8 Å². The standard InChI is InChI=1S/C6H2BrF3IN/c7-4-2(8)1-12-6(11)3(4)5(9)10/h1,5H. The van der Waals surface area contributed by atoms with Crippen LogP contribution in [0, 0.1) is 9.52 Å². The maximum atomic E-state index is 12.7. The van der Waals surface area contributed by atoms with Crippen molar-refractivity contribution in [2.45, 2.75) is 6.43 Å². The highest BCUT2D eigenvalue weighted by atomic mass is 127. The Morgan fingerprint density at radius 2 is 2.08 bits per heavy atom. The first kappa shape index (κ1) is 10.2. The van der Waals surface area contributed by atoms with Gasteiger partial charge in [-0.3, -0.25) is 0 Å². The van der Waals surface area contributed by atoms with Crippen LogP contribution in [0.2, 0.25) is 0 Å². The summed E-state index contributed by atoms with van der Waals surface area (Å²) in [5, 5.41) is 0. The Balaban J connectivity index is 3.33. The number of hydrogen-bond acceptors (Lipinski definition) is 1. The summed E-state index contributed by atoms with van der Waals surface area (Å²) < 4.78 is 37.0. The van der Waals surface area contributed by atoms with Crippen LogP contribution in [-0.4, -0.2) is 4.98 Å². The lowest BCUT2D eigenvalue weighted by molar-refractivity contribution is 0.148. The van der Waals surface area contributed by atoms with Gasteiger partial charge in [0, 0.05) is 0 Å². The Morgan fingerprint density at radius 3 is 2.50 bits per heavy atom. The molecule has 0 spiro atoms. The third-order valence-corrected chi connectivity index (χ3v) is 2.84. The molecule has 1 rings (SSSR count). The molecule has 0 aliphatic rings. The number of aromatic nitrogens is 1. The predicted molar refractivity (Wildman–Crippen MR) is 49.6 cm³/mol. The molecule has 1 aromatic heterocycles. The second kappa shape index (κ2) is 3.91. The SMILES string of the molecule is Fc1cnc(I)c(C(F)F)c1Br. The molecular weight excluding hydrogens is 350 g/mol. The zero-order chi connectivity index (χ0) is 9.30. The molecule has 0 aromatic carbocycles. The van der Waals surface area contributed by atoms with E-state index in [1.165, 1.54) is 0 Å². The van der Waals surface area contributed by atoms with Crippen LogP contribution in [0.25, 0.3) is 0 Å². The lowest BCUT2D eigenvalue weighted by Gasteiger charge is -2.04. The fourth-order valence-corrected chi connectivity index (χ4v) is 2.12. The van der Waals surface area contributed by atoms with Crippen LogP contribution < -0.4 is 0 Å². The summed E-state index contributed by atoms with van der Waals surface area (Å²) in [6.45, 7) is 0. The summed E-state index contributed by atoms with van der Waals surface area (Å²) in [5.74, 6) is -0.772. The summed E-state index contributed by atoms with van der Waals surface area (Å²) in [7, 11) is 0. The van der Waals surface area contributed by atoms with Crippen LogP contribution in [-0.2, 0) is 0 Å². The average Bonchev–Trinajstić information content (AvgIpc) is 1.97. The van der Waals surface area contributed by atoms with Crippen LogP contribution >= 0.6 is 38.5 Å². The summed E-state index contributed by atoms with van der Waals surface area (Å²) in [6, 6.07) is 0. The van der Waals surface area contributed by atoms with E-state index >= 15 is 0 Å². The summed E-state index contributed by atoms with van der Waals surface area (Å²) in [5.41, 5.74) is -0.393. The highest BCUT2D eigenvalue weighted by molar-refractivity contribution is 14.1. The predicted octanol–water partition coefficient (Wildman–Crippen LogP) is 3.53. The van der Waals surface area contributed by atoms with E-state index < -0.39 is 17.8 Å². The molecule has 6 heteroatoms. The Morgan fingerprint density at radius 1 is 1.50 bits per heavy atom. The van der Waals surface area contributed by atoms with Gasteiger partial charge < -0.3 is 0 Å². The number of pyridine rings is 1. The van der Waals surface area contributed by atoms with Gasteiger partial charge in [0.25, 0.3) is 6.43 Å². The Kier molecular flexibility index (Phi) is 3.33. The average molecular weight is 352 g/mol. The minimum Gasteiger partial charge on any atom is -0.247 e. The normalized spacial score (nSPS) is 10.8. The first-order chi connectivity index (χ1) is 5.54. The fraction of sp³-hybridized carbons (Fsp3) is 0.167. The van der Waals surface area contributed by atoms with Crippen LogP contribution in [0.5, 0.6) is 0 Å². The number of hydrogen-bond donors (Lipinski definition) is 0. The maximum absolute atomic E-state index is 12.7. The van der Waals surface area contributed by atoms with Crippen LogP contribution in [0.4, 0.5) is 13.2 Å². The number of halogens is 5. The first-order valence-electron chi connectivity index (χ1n) is 2.81. The van der Waals surface area contributed by atoms with Crippen LogP contribution in [0.15, 0.2) is 10.7 Å². The van der Waals surface area contributed by atoms with E-state index in [1.807, 2.05) is 0 Å². The molecule has 0 atom stereocenters. The lowest BCUT2D eigenvalue weighted by atomic mass is 10.3. The number of nitrogens with zero attached hydrogens (tertiary/aromatic N) is 1. The van der Waals surface area contributed by atoms with Gasteiger partial charge in [-0.05, 0) is 38.5 Å². The molecule has 1 nitrogen and oxygen atoms in total. The molecule has 0 saturated carbocycles. The molecule has 0 bridgehead atoms. The van der Waals surface area contributed by atoms with Crippen molar-refractivity contribution in [1.82, 2.24) is 4.98 Å². The van der Waals surface area contributed by atoms with Gasteiger partial charge in [0.15, 0.2) is 5.82 Å². The van der Waals surface area contributed by atoms with Gasteiger partial charge in [0.2, 0.25) is 0 Å². The molecule has 1 aromatic rings. The molecule has 0 radical (unpaired) electrons. The Bertz CT molecular complexity index is 305. The minimum atomic E-state index is -2.71. The largest absolute Gasteiger partial charge is 0.267 e. The van der Waals surface area contributed by atoms with Gasteiger partial charge in [-0.15, -0.1) is 0 Å². The van der Waals surface area contributed by atoms with Crippen molar-refractivity contribution < 1.29 is 13.2 Å². The molecular formula is C6H2BrF3IN. The van der Waals surface area contributed by atoms with Gasteiger partial charge in [-0.1, -0.05) is 0 Å². The minimum absolute atomic E-state index is 0.107. The van der Waals surface area contributed by atoms with E-state index in [9.17, 15) is 13.2 Å². The Labute approximate surface area is 88.6 Å². The zero-order valence-corrected chi connectivity index (χ0v) is 9.24. The Hall–Kier alpha value is 0.150. The molecule has 0 amide bonds. The molecule has 66 valence electrons. The first-order valence-corrected chi connectivity index (χ1v) is 4.68. The van der Waals surface area contributed by atoms with E-state index in [0.717, 1.165) is 6.20 Å². The third kappa shape index (κ3) is 1.90. The molecule has 0 aliphatic carbocycles. The topological polar surface area (TPSA) is 12.9 Å². The summed E-state index contributed by atoms with van der Waals surface area (Å²) >= 11 is 4.36. The summed E-state index contributed by atoms with van der Waals surface area (Å²) in [4.78, 5) is 3.46. The van der Waals surface area contributed by atoms with Crippen molar-refractivity contribution in [3.8, 4) is 0 Å². The highest BCUT2D eigenvalue weighted by Crippen LogP contribution is 2.31. The van der Waals surface area contributed by atoms with E-state index in [1.54, 1.807) is 22.6 Å². The van der Waals surface area contributed by atoms with Crippen molar-refractivity contribution in [2.75, 3.05) is 0 Å². The van der Waals surface area contributed by atoms with Gasteiger partial charge in [-0.25, -0.2) is 18.2 Å². The lowest BCUT2D eigenvalue weighted by Crippen LogP contribution is -1.97. The van der Waals surface area contributed by atoms with Crippen molar-refractivity contribution >= 4 is 38.5 Å². The molecule has 12 heavy (non-hydrogen) atoms. The maximum Gasteiger partial charge on any atom is 0.267 e. The highest BCUT2D eigenvalue weighted by Gasteiger charge is 2.19. The van der Waals surface area contributed by atoms with Crippen LogP contribution in [0.1, 0.15) is 12.0 Å². The monoisotopic (exact) mass is 351 g/mol. The van der Waals surface area contributed by atoms with E-state index in [4.69, 9.17) is 0 Å². The molecule has 0 unspecified atom stereocenters. The molecule has 0 N–H and O–H groups in total. The van der Waals surface area contributed by atoms with Gasteiger partial charge in [0.1, 0.15) is 3.70 Å². The van der Waals surface area contributed by atoms with Gasteiger partial charge in [0.05, 0.1) is 16.2 Å². The van der Waals surface area contributed by atoms with Gasteiger partial charge in [-0.2, -0.15) is 0 Å². The van der Waals surface area contributed by atoms with Crippen molar-refractivity contribution in [2.24, 2.45) is 0 Å². The smallest absolute Gasteiger partial charge is 0.247 e. The molecule has 1 heterocycles. The zero-order valence-electron chi connectivity index (χ0n) is 5.49. The molecule has 0 aliphatic heterocycles. The third-order valence-electron chi connectivity index (χ3n) is 1.18. The number of alkyl halides is 2. The quantitative estimate of drug-likeness (QED) is 0.557. The van der Waals surface area contributed by atoms with E-state index in [0.29, 0.717) is 0 Å².